The molecule has 1 unspecified atom stereocenters. The Balaban J connectivity index is 1.95. The molecule has 0 aromatic heterocycles. The molecule has 0 radical (unpaired) electrons. The van der Waals surface area contributed by atoms with Gasteiger partial charge in [0.2, 0.25) is 0 Å². The van der Waals surface area contributed by atoms with Crippen LogP contribution in [0.2, 0.25) is 0 Å². The van der Waals surface area contributed by atoms with Crippen LogP contribution in [0, 0.1) is 39.9 Å². The lowest BCUT2D eigenvalue weighted by molar-refractivity contribution is -0.172. The molecule has 4 aliphatic carbocycles. The van der Waals surface area contributed by atoms with Gasteiger partial charge in [0.05, 0.1) is 12.7 Å². The molecule has 0 amide bonds. The Kier molecular flexibility index (Phi) is 2.89. The summed E-state index contributed by atoms with van der Waals surface area (Å²) in [5.41, 5.74) is -1.05. The molecule has 0 saturated heterocycles. The molecule has 0 aromatic rings. The number of nitrogens with zero attached hydrogens (tertiary/aromatic N) is 1. The summed E-state index contributed by atoms with van der Waals surface area (Å²) in [6.45, 7) is 4.01. The van der Waals surface area contributed by atoms with Gasteiger partial charge in [0.25, 0.3) is 0 Å². The van der Waals surface area contributed by atoms with Crippen molar-refractivity contribution in [3.8, 4) is 6.07 Å². The van der Waals surface area contributed by atoms with E-state index in [-0.39, 0.29) is 11.4 Å². The van der Waals surface area contributed by atoms with Gasteiger partial charge >= 0.3 is 5.97 Å². The van der Waals surface area contributed by atoms with Gasteiger partial charge in [-0.1, -0.05) is 0 Å². The highest BCUT2D eigenvalue weighted by Crippen LogP contribution is 2.66. The maximum absolute atomic E-state index is 12.4. The van der Waals surface area contributed by atoms with Crippen LogP contribution in [-0.2, 0) is 9.53 Å². The molecule has 0 N–H and O–H groups in total. The summed E-state index contributed by atoms with van der Waals surface area (Å²) in [5, 5.41) is 9.69. The molecule has 3 nitrogen and oxygen atoms in total. The topological polar surface area (TPSA) is 50.1 Å². The molecule has 0 spiro atoms. The van der Waals surface area contributed by atoms with Crippen LogP contribution in [0.25, 0.3) is 0 Å². The maximum atomic E-state index is 12.4. The molecule has 4 aliphatic rings. The molecule has 1 atom stereocenters. The number of hydrogen-bond donors (Lipinski definition) is 0. The number of rotatable bonds is 3. The predicted molar refractivity (Wildman–Crippen MR) is 71.0 cm³/mol. The van der Waals surface area contributed by atoms with Gasteiger partial charge < -0.3 is 4.74 Å². The first-order valence-electron chi connectivity index (χ1n) is 7.61. The van der Waals surface area contributed by atoms with E-state index in [1.54, 1.807) is 0 Å². The van der Waals surface area contributed by atoms with Crippen LogP contribution < -0.4 is 0 Å². The fourth-order valence-electron chi connectivity index (χ4n) is 5.38. The smallest absolute Gasteiger partial charge is 0.326 e. The van der Waals surface area contributed by atoms with Crippen LogP contribution in [-0.4, -0.2) is 12.6 Å². The number of carbonyl (C=O) groups excluding carboxylic acids is 1. The van der Waals surface area contributed by atoms with E-state index in [2.05, 4.69) is 6.07 Å². The van der Waals surface area contributed by atoms with Crippen LogP contribution in [0.3, 0.4) is 0 Å². The Labute approximate surface area is 115 Å². The Hall–Kier alpha value is -1.04. The Morgan fingerprint density at radius 2 is 1.74 bits per heavy atom. The molecule has 3 heteroatoms. The molecule has 4 bridgehead atoms. The Morgan fingerprint density at radius 1 is 1.26 bits per heavy atom. The number of hydrogen-bond acceptors (Lipinski definition) is 3. The normalized spacial score (nSPS) is 42.5. The number of esters is 1. The molecule has 19 heavy (non-hydrogen) atoms. The minimum atomic E-state index is -0.945. The molecular formula is C16H23NO2. The second kappa shape index (κ2) is 4.23. The van der Waals surface area contributed by atoms with Crippen molar-refractivity contribution in [3.63, 3.8) is 0 Å². The van der Waals surface area contributed by atoms with Crippen molar-refractivity contribution in [2.45, 2.75) is 52.4 Å². The Morgan fingerprint density at radius 3 is 2.11 bits per heavy atom. The first-order chi connectivity index (χ1) is 9.03. The third-order valence-corrected chi connectivity index (χ3v) is 6.01. The maximum Gasteiger partial charge on any atom is 0.326 e. The van der Waals surface area contributed by atoms with Gasteiger partial charge in [0.1, 0.15) is 0 Å². The predicted octanol–water partition coefficient (Wildman–Crippen LogP) is 3.30. The second-order valence-corrected chi connectivity index (χ2v) is 7.16. The first kappa shape index (κ1) is 13.0. The fourth-order valence-corrected chi connectivity index (χ4v) is 5.38. The van der Waals surface area contributed by atoms with Crippen molar-refractivity contribution in [2.75, 3.05) is 6.61 Å². The highest BCUT2D eigenvalue weighted by molar-refractivity contribution is 5.81. The van der Waals surface area contributed by atoms with Gasteiger partial charge in [-0.15, -0.1) is 0 Å². The first-order valence-corrected chi connectivity index (χ1v) is 7.61. The molecule has 0 aromatic carbocycles. The SMILES string of the molecule is CCOC(=O)C(C)(C#N)C12CC3CC(CC(C3)C1)C2. The average molecular weight is 261 g/mol. The van der Waals surface area contributed by atoms with Crippen molar-refractivity contribution in [2.24, 2.45) is 28.6 Å². The zero-order chi connectivity index (χ0) is 13.7. The van der Waals surface area contributed by atoms with Crippen molar-refractivity contribution in [1.29, 1.82) is 5.26 Å². The molecule has 4 fully saturated rings. The fraction of sp³-hybridized carbons (Fsp3) is 0.875. The molecular weight excluding hydrogens is 238 g/mol. The van der Waals surface area contributed by atoms with E-state index in [0.29, 0.717) is 6.61 Å². The van der Waals surface area contributed by atoms with E-state index in [4.69, 9.17) is 4.74 Å². The number of nitriles is 1. The largest absolute Gasteiger partial charge is 0.465 e. The minimum Gasteiger partial charge on any atom is -0.465 e. The van der Waals surface area contributed by atoms with Crippen LogP contribution in [0.15, 0.2) is 0 Å². The summed E-state index contributed by atoms with van der Waals surface area (Å²) >= 11 is 0. The van der Waals surface area contributed by atoms with E-state index < -0.39 is 5.41 Å². The summed E-state index contributed by atoms with van der Waals surface area (Å²) in [6, 6.07) is 2.35. The van der Waals surface area contributed by atoms with E-state index in [0.717, 1.165) is 37.0 Å². The van der Waals surface area contributed by atoms with Crippen LogP contribution in [0.1, 0.15) is 52.4 Å². The molecule has 4 rings (SSSR count). The van der Waals surface area contributed by atoms with Gasteiger partial charge in [-0.2, -0.15) is 5.26 Å². The molecule has 0 heterocycles. The van der Waals surface area contributed by atoms with Crippen LogP contribution >= 0.6 is 0 Å². The summed E-state index contributed by atoms with van der Waals surface area (Å²) < 4.78 is 5.23. The molecule has 0 aliphatic heterocycles. The average Bonchev–Trinajstić information content (AvgIpc) is 2.36. The van der Waals surface area contributed by atoms with Crippen molar-refractivity contribution in [3.05, 3.63) is 0 Å². The summed E-state index contributed by atoms with van der Waals surface area (Å²) in [4.78, 5) is 12.4. The number of carbonyl (C=O) groups is 1. The number of ether oxygens (including phenoxy) is 1. The monoisotopic (exact) mass is 261 g/mol. The summed E-state index contributed by atoms with van der Waals surface area (Å²) in [5.74, 6) is 1.94. The zero-order valence-corrected chi connectivity index (χ0v) is 11.9. The van der Waals surface area contributed by atoms with Gasteiger partial charge in [-0.05, 0) is 70.1 Å². The quantitative estimate of drug-likeness (QED) is 0.732. The van der Waals surface area contributed by atoms with E-state index in [9.17, 15) is 10.1 Å². The zero-order valence-electron chi connectivity index (χ0n) is 11.9. The van der Waals surface area contributed by atoms with Gasteiger partial charge in [0, 0.05) is 5.41 Å². The second-order valence-electron chi connectivity index (χ2n) is 7.16. The lowest BCUT2D eigenvalue weighted by Gasteiger charge is -2.60. The molecule has 104 valence electrons. The van der Waals surface area contributed by atoms with Crippen molar-refractivity contribution < 1.29 is 9.53 Å². The minimum absolute atomic E-state index is 0.108. The third-order valence-electron chi connectivity index (χ3n) is 6.01. The third kappa shape index (κ3) is 1.72. The van der Waals surface area contributed by atoms with Crippen LogP contribution in [0.4, 0.5) is 0 Å². The highest BCUT2D eigenvalue weighted by Gasteiger charge is 2.62. The van der Waals surface area contributed by atoms with E-state index >= 15 is 0 Å². The van der Waals surface area contributed by atoms with Crippen LogP contribution in [0.5, 0.6) is 0 Å². The lowest BCUT2D eigenvalue weighted by atomic mass is 9.43. The Bertz CT molecular complexity index is 401. The lowest BCUT2D eigenvalue weighted by Crippen LogP contribution is -2.56. The molecule has 4 saturated carbocycles. The summed E-state index contributed by atoms with van der Waals surface area (Å²) in [7, 11) is 0. The van der Waals surface area contributed by atoms with E-state index in [1.807, 2.05) is 13.8 Å². The van der Waals surface area contributed by atoms with Crippen molar-refractivity contribution in [1.82, 2.24) is 0 Å². The standard InChI is InChI=1S/C16H23NO2/c1-3-19-14(18)15(2,10-17)16-7-11-4-12(8-16)6-13(5-11)9-16/h11-13H,3-9H2,1-2H3. The van der Waals surface area contributed by atoms with Gasteiger partial charge in [-0.25, -0.2) is 0 Å². The summed E-state index contributed by atoms with van der Waals surface area (Å²) in [6.07, 6.45) is 7.14. The van der Waals surface area contributed by atoms with E-state index in [1.165, 1.54) is 19.3 Å². The van der Waals surface area contributed by atoms with Gasteiger partial charge in [-0.3, -0.25) is 4.79 Å². The van der Waals surface area contributed by atoms with Crippen molar-refractivity contribution >= 4 is 5.97 Å². The highest BCUT2D eigenvalue weighted by atomic mass is 16.5. The van der Waals surface area contributed by atoms with Gasteiger partial charge in [0.15, 0.2) is 5.41 Å².